The molecular formula is C18H16BrIN4O2S. The summed E-state index contributed by atoms with van der Waals surface area (Å²) < 4.78 is 1.96. The Hall–Kier alpha value is -1.59. The second-order valence-electron chi connectivity index (χ2n) is 5.88. The van der Waals surface area contributed by atoms with Crippen LogP contribution in [-0.4, -0.2) is 31.9 Å². The molecule has 1 heterocycles. The Labute approximate surface area is 182 Å². The van der Waals surface area contributed by atoms with Crippen LogP contribution in [0.3, 0.4) is 0 Å². The van der Waals surface area contributed by atoms with Crippen LogP contribution in [0.4, 0.5) is 5.69 Å². The summed E-state index contributed by atoms with van der Waals surface area (Å²) in [4.78, 5) is 16.6. The van der Waals surface area contributed by atoms with Gasteiger partial charge in [-0.1, -0.05) is 27.7 Å². The Morgan fingerprint density at radius 1 is 1.30 bits per heavy atom. The van der Waals surface area contributed by atoms with E-state index in [1.807, 2.05) is 26.0 Å². The molecule has 140 valence electrons. The summed E-state index contributed by atoms with van der Waals surface area (Å²) in [5.74, 6) is 0.616. The number of hydrogen-bond acceptors (Lipinski definition) is 5. The lowest BCUT2D eigenvalue weighted by atomic mass is 10.1. The SMILES string of the molecule is Cc1cc(I)cc(C)c1NC(=O)CSc1n[nH]c(-c2cc(Br)ccc2O)n1. The van der Waals surface area contributed by atoms with E-state index in [0.29, 0.717) is 16.5 Å². The lowest BCUT2D eigenvalue weighted by molar-refractivity contribution is -0.113. The smallest absolute Gasteiger partial charge is 0.234 e. The Morgan fingerprint density at radius 3 is 2.70 bits per heavy atom. The number of amides is 1. The summed E-state index contributed by atoms with van der Waals surface area (Å²) in [5, 5.41) is 20.3. The van der Waals surface area contributed by atoms with E-state index in [4.69, 9.17) is 0 Å². The molecule has 2 aromatic carbocycles. The van der Waals surface area contributed by atoms with Crippen molar-refractivity contribution in [2.24, 2.45) is 0 Å². The van der Waals surface area contributed by atoms with Crippen molar-refractivity contribution in [2.45, 2.75) is 19.0 Å². The maximum Gasteiger partial charge on any atom is 0.234 e. The van der Waals surface area contributed by atoms with Crippen molar-refractivity contribution in [3.8, 4) is 17.1 Å². The van der Waals surface area contributed by atoms with Gasteiger partial charge < -0.3 is 10.4 Å². The number of halogens is 2. The van der Waals surface area contributed by atoms with Gasteiger partial charge in [-0.05, 0) is 77.9 Å². The maximum atomic E-state index is 12.3. The number of carbonyl (C=O) groups is 1. The zero-order valence-electron chi connectivity index (χ0n) is 14.5. The molecule has 1 aromatic heterocycles. The van der Waals surface area contributed by atoms with E-state index < -0.39 is 0 Å². The van der Waals surface area contributed by atoms with Gasteiger partial charge in [-0.2, -0.15) is 0 Å². The van der Waals surface area contributed by atoms with Crippen LogP contribution in [-0.2, 0) is 4.79 Å². The number of carbonyl (C=O) groups excluding carboxylic acids is 1. The minimum Gasteiger partial charge on any atom is -0.507 e. The molecule has 3 rings (SSSR count). The molecule has 0 saturated carbocycles. The zero-order chi connectivity index (χ0) is 19.6. The second-order valence-corrected chi connectivity index (χ2v) is 8.98. The third-order valence-corrected chi connectivity index (χ3v) is 5.74. The standard InChI is InChI=1S/C18H16BrIN4O2S/c1-9-5-12(20)6-10(2)16(9)21-15(26)8-27-18-22-17(23-24-18)13-7-11(19)3-4-14(13)25/h3-7,25H,8H2,1-2H3,(H,21,26)(H,22,23,24). The van der Waals surface area contributed by atoms with Crippen molar-refractivity contribution in [1.82, 2.24) is 15.2 Å². The van der Waals surface area contributed by atoms with E-state index >= 15 is 0 Å². The number of phenolic OH excluding ortho intramolecular Hbond substituents is 1. The molecule has 3 aromatic rings. The van der Waals surface area contributed by atoms with Gasteiger partial charge in [0.2, 0.25) is 11.1 Å². The van der Waals surface area contributed by atoms with Gasteiger partial charge in [0.25, 0.3) is 0 Å². The number of thioether (sulfide) groups is 1. The third kappa shape index (κ3) is 5.02. The summed E-state index contributed by atoms with van der Waals surface area (Å²) in [6.07, 6.45) is 0. The van der Waals surface area contributed by atoms with Crippen molar-refractivity contribution < 1.29 is 9.90 Å². The predicted molar refractivity (Wildman–Crippen MR) is 119 cm³/mol. The number of nitrogens with zero attached hydrogens (tertiary/aromatic N) is 2. The highest BCUT2D eigenvalue weighted by Gasteiger charge is 2.13. The third-order valence-electron chi connectivity index (χ3n) is 3.77. The van der Waals surface area contributed by atoms with Gasteiger partial charge in [0.1, 0.15) is 5.75 Å². The first-order valence-electron chi connectivity index (χ1n) is 7.94. The Kier molecular flexibility index (Phi) is 6.43. The molecule has 0 aliphatic heterocycles. The molecular weight excluding hydrogens is 543 g/mol. The first-order chi connectivity index (χ1) is 12.8. The fraction of sp³-hybridized carbons (Fsp3) is 0.167. The number of H-pyrrole nitrogens is 1. The fourth-order valence-electron chi connectivity index (χ4n) is 2.54. The fourth-order valence-corrected chi connectivity index (χ4v) is 4.44. The number of aryl methyl sites for hydroxylation is 2. The summed E-state index contributed by atoms with van der Waals surface area (Å²) in [5.41, 5.74) is 3.44. The van der Waals surface area contributed by atoms with E-state index in [1.54, 1.807) is 18.2 Å². The van der Waals surface area contributed by atoms with Crippen LogP contribution in [0.25, 0.3) is 11.4 Å². The Balaban J connectivity index is 1.65. The van der Waals surface area contributed by atoms with Crippen molar-refractivity contribution in [3.63, 3.8) is 0 Å². The number of hydrogen-bond donors (Lipinski definition) is 3. The molecule has 3 N–H and O–H groups in total. The molecule has 0 atom stereocenters. The highest BCUT2D eigenvalue weighted by atomic mass is 127. The van der Waals surface area contributed by atoms with Crippen LogP contribution in [0.2, 0.25) is 0 Å². The molecule has 0 bridgehead atoms. The van der Waals surface area contributed by atoms with E-state index in [1.165, 1.54) is 11.8 Å². The molecule has 27 heavy (non-hydrogen) atoms. The number of aromatic amines is 1. The molecule has 0 aliphatic rings. The van der Waals surface area contributed by atoms with E-state index in [9.17, 15) is 9.90 Å². The topological polar surface area (TPSA) is 90.9 Å². The molecule has 0 saturated heterocycles. The van der Waals surface area contributed by atoms with Crippen LogP contribution < -0.4 is 5.32 Å². The zero-order valence-corrected chi connectivity index (χ0v) is 19.1. The largest absolute Gasteiger partial charge is 0.507 e. The summed E-state index contributed by atoms with van der Waals surface area (Å²) in [7, 11) is 0. The summed E-state index contributed by atoms with van der Waals surface area (Å²) >= 11 is 6.85. The van der Waals surface area contributed by atoms with Crippen LogP contribution in [0, 0.1) is 17.4 Å². The highest BCUT2D eigenvalue weighted by Crippen LogP contribution is 2.30. The van der Waals surface area contributed by atoms with Gasteiger partial charge in [-0.3, -0.25) is 9.89 Å². The van der Waals surface area contributed by atoms with Crippen molar-refractivity contribution in [3.05, 3.63) is 49.5 Å². The summed E-state index contributed by atoms with van der Waals surface area (Å²) in [6, 6.07) is 9.13. The molecule has 0 radical (unpaired) electrons. The van der Waals surface area contributed by atoms with Gasteiger partial charge in [0.15, 0.2) is 5.82 Å². The molecule has 9 heteroatoms. The van der Waals surface area contributed by atoms with Crippen LogP contribution >= 0.6 is 50.3 Å². The van der Waals surface area contributed by atoms with Crippen molar-refractivity contribution in [2.75, 3.05) is 11.1 Å². The lowest BCUT2D eigenvalue weighted by Gasteiger charge is -2.11. The van der Waals surface area contributed by atoms with Crippen LogP contribution in [0.15, 0.2) is 40.0 Å². The molecule has 0 unspecified atom stereocenters. The van der Waals surface area contributed by atoms with E-state index in [2.05, 4.69) is 59.0 Å². The van der Waals surface area contributed by atoms with Gasteiger partial charge in [-0.25, -0.2) is 4.98 Å². The highest BCUT2D eigenvalue weighted by molar-refractivity contribution is 14.1. The number of phenols is 1. The number of aromatic nitrogens is 3. The number of anilines is 1. The monoisotopic (exact) mass is 558 g/mol. The predicted octanol–water partition coefficient (Wildman–Crippen LogP) is 4.89. The Bertz CT molecular complexity index is 986. The molecule has 0 aliphatic carbocycles. The minimum absolute atomic E-state index is 0.105. The first kappa shape index (κ1) is 20.2. The van der Waals surface area contributed by atoms with Gasteiger partial charge >= 0.3 is 0 Å². The van der Waals surface area contributed by atoms with Crippen LogP contribution in [0.5, 0.6) is 5.75 Å². The normalized spacial score (nSPS) is 10.8. The number of benzene rings is 2. The average Bonchev–Trinajstić information content (AvgIpc) is 3.07. The Morgan fingerprint density at radius 2 is 2.00 bits per heavy atom. The van der Waals surface area contributed by atoms with E-state index in [0.717, 1.165) is 24.9 Å². The lowest BCUT2D eigenvalue weighted by Crippen LogP contribution is -2.16. The molecule has 1 amide bonds. The quantitative estimate of drug-likeness (QED) is 0.306. The van der Waals surface area contributed by atoms with Crippen LogP contribution in [0.1, 0.15) is 11.1 Å². The number of rotatable bonds is 5. The van der Waals surface area contributed by atoms with Gasteiger partial charge in [0.05, 0.1) is 11.3 Å². The molecule has 0 spiro atoms. The first-order valence-corrected chi connectivity index (χ1v) is 10.8. The molecule has 0 fully saturated rings. The summed E-state index contributed by atoms with van der Waals surface area (Å²) in [6.45, 7) is 3.95. The van der Waals surface area contributed by atoms with Gasteiger partial charge in [0, 0.05) is 13.7 Å². The average molecular weight is 559 g/mol. The maximum absolute atomic E-state index is 12.3. The van der Waals surface area contributed by atoms with Gasteiger partial charge in [-0.15, -0.1) is 5.10 Å². The second kappa shape index (κ2) is 8.61. The number of aromatic hydroxyl groups is 1. The van der Waals surface area contributed by atoms with Crippen molar-refractivity contribution >= 4 is 61.9 Å². The number of nitrogens with one attached hydrogen (secondary N) is 2. The minimum atomic E-state index is -0.121. The van der Waals surface area contributed by atoms with Crippen molar-refractivity contribution in [1.29, 1.82) is 0 Å². The molecule has 6 nitrogen and oxygen atoms in total. The van der Waals surface area contributed by atoms with E-state index in [-0.39, 0.29) is 17.4 Å².